The van der Waals surface area contributed by atoms with Crippen molar-refractivity contribution >= 4 is 0 Å². The first-order valence-corrected chi connectivity index (χ1v) is 9.52. The monoisotopic (exact) mass is 370 g/mol. The van der Waals surface area contributed by atoms with E-state index in [0.29, 0.717) is 23.3 Å². The van der Waals surface area contributed by atoms with Crippen LogP contribution < -0.4 is 19.5 Å². The van der Waals surface area contributed by atoms with E-state index in [0.717, 1.165) is 38.2 Å². The van der Waals surface area contributed by atoms with Crippen molar-refractivity contribution in [1.82, 2.24) is 10.2 Å². The lowest BCUT2D eigenvalue weighted by atomic mass is 10.00. The van der Waals surface area contributed by atoms with E-state index in [1.165, 1.54) is 11.1 Å². The van der Waals surface area contributed by atoms with Gasteiger partial charge < -0.3 is 19.5 Å². The van der Waals surface area contributed by atoms with Crippen LogP contribution in [-0.2, 0) is 13.0 Å². The second-order valence-corrected chi connectivity index (χ2v) is 6.82. The summed E-state index contributed by atoms with van der Waals surface area (Å²) in [6.07, 6.45) is 1.07. The predicted molar refractivity (Wildman–Crippen MR) is 108 cm³/mol. The molecule has 0 spiro atoms. The van der Waals surface area contributed by atoms with Crippen LogP contribution in [0, 0.1) is 0 Å². The zero-order valence-corrected chi connectivity index (χ0v) is 16.7. The Morgan fingerprint density at radius 3 is 2.19 bits per heavy atom. The van der Waals surface area contributed by atoms with Crippen molar-refractivity contribution in [1.29, 1.82) is 0 Å². The Hall–Kier alpha value is -2.24. The van der Waals surface area contributed by atoms with Gasteiger partial charge in [-0.1, -0.05) is 31.2 Å². The molecule has 0 amide bonds. The molecule has 0 bridgehead atoms. The minimum Gasteiger partial charge on any atom is -0.493 e. The number of methoxy groups -OCH3 is 3. The Labute approximate surface area is 162 Å². The number of ether oxygens (including phenoxy) is 3. The number of nitrogens with zero attached hydrogens (tertiary/aromatic N) is 1. The van der Waals surface area contributed by atoms with E-state index in [4.69, 9.17) is 14.2 Å². The van der Waals surface area contributed by atoms with Crippen molar-refractivity contribution in [3.05, 3.63) is 53.1 Å². The smallest absolute Gasteiger partial charge is 0.203 e. The second kappa shape index (κ2) is 9.11. The van der Waals surface area contributed by atoms with Gasteiger partial charge in [-0.3, -0.25) is 4.90 Å². The van der Waals surface area contributed by atoms with Gasteiger partial charge in [-0.25, -0.2) is 0 Å². The summed E-state index contributed by atoms with van der Waals surface area (Å²) in [6, 6.07) is 13.4. The van der Waals surface area contributed by atoms with Crippen LogP contribution in [0.2, 0.25) is 0 Å². The molecule has 5 heteroatoms. The first kappa shape index (κ1) is 19.5. The molecule has 146 valence electrons. The highest BCUT2D eigenvalue weighted by molar-refractivity contribution is 5.53. The molecule has 0 radical (unpaired) electrons. The summed E-state index contributed by atoms with van der Waals surface area (Å²) in [7, 11) is 4.94. The number of rotatable bonds is 7. The van der Waals surface area contributed by atoms with E-state index in [-0.39, 0.29) is 0 Å². The highest BCUT2D eigenvalue weighted by Crippen LogP contribution is 2.39. The molecule has 1 atom stereocenters. The number of benzene rings is 2. The van der Waals surface area contributed by atoms with Crippen LogP contribution in [0.4, 0.5) is 0 Å². The quantitative estimate of drug-likeness (QED) is 0.809. The fourth-order valence-corrected chi connectivity index (χ4v) is 3.70. The minimum absolute atomic E-state index is 0.351. The molecule has 2 aromatic carbocycles. The van der Waals surface area contributed by atoms with Crippen molar-refractivity contribution in [2.45, 2.75) is 25.9 Å². The molecule has 1 aliphatic rings. The van der Waals surface area contributed by atoms with Crippen molar-refractivity contribution < 1.29 is 14.2 Å². The van der Waals surface area contributed by atoms with Crippen molar-refractivity contribution in [3.63, 3.8) is 0 Å². The average Bonchev–Trinajstić information content (AvgIpc) is 2.73. The lowest BCUT2D eigenvalue weighted by molar-refractivity contribution is 0.153. The molecular weight excluding hydrogens is 340 g/mol. The first-order valence-electron chi connectivity index (χ1n) is 9.52. The fraction of sp³-hybridized carbons (Fsp3) is 0.455. The molecule has 1 heterocycles. The van der Waals surface area contributed by atoms with E-state index < -0.39 is 0 Å². The Kier molecular flexibility index (Phi) is 6.58. The number of piperazine rings is 1. The average molecular weight is 370 g/mol. The van der Waals surface area contributed by atoms with E-state index in [1.54, 1.807) is 21.3 Å². The van der Waals surface area contributed by atoms with Gasteiger partial charge in [0.15, 0.2) is 11.5 Å². The van der Waals surface area contributed by atoms with Gasteiger partial charge in [-0.2, -0.15) is 0 Å². The predicted octanol–water partition coefficient (Wildman–Crippen LogP) is 3.42. The van der Waals surface area contributed by atoms with Crippen LogP contribution in [-0.4, -0.2) is 45.9 Å². The Morgan fingerprint density at radius 2 is 1.63 bits per heavy atom. The first-order chi connectivity index (χ1) is 13.2. The third kappa shape index (κ3) is 4.37. The highest BCUT2D eigenvalue weighted by Gasteiger charge is 2.25. The fourth-order valence-electron chi connectivity index (χ4n) is 3.70. The molecule has 1 fully saturated rings. The standard InChI is InChI=1S/C22H30N2O3/c1-5-16-6-8-18(9-7-16)19-14-23-10-11-24(19)15-17-12-20(25-2)22(27-4)21(13-17)26-3/h6-9,12-13,19,23H,5,10-11,14-15H2,1-4H3. The summed E-state index contributed by atoms with van der Waals surface area (Å²) in [4.78, 5) is 2.51. The maximum atomic E-state index is 5.51. The Balaban J connectivity index is 1.85. The Bertz CT molecular complexity index is 721. The topological polar surface area (TPSA) is 43.0 Å². The normalized spacial score (nSPS) is 17.6. The minimum atomic E-state index is 0.351. The SMILES string of the molecule is CCc1ccc(C2CNCCN2Cc2cc(OC)c(OC)c(OC)c2)cc1. The van der Waals surface area contributed by atoms with Gasteiger partial charge in [0.2, 0.25) is 5.75 Å². The number of nitrogens with one attached hydrogen (secondary N) is 1. The maximum Gasteiger partial charge on any atom is 0.203 e. The summed E-state index contributed by atoms with van der Waals surface area (Å²) in [5.41, 5.74) is 3.88. The molecule has 1 aliphatic heterocycles. The summed E-state index contributed by atoms with van der Waals surface area (Å²) < 4.78 is 16.5. The summed E-state index contributed by atoms with van der Waals surface area (Å²) in [5.74, 6) is 2.03. The van der Waals surface area contributed by atoms with E-state index >= 15 is 0 Å². The number of hydrogen-bond donors (Lipinski definition) is 1. The van der Waals surface area contributed by atoms with Crippen molar-refractivity contribution in [2.75, 3.05) is 41.0 Å². The zero-order valence-electron chi connectivity index (χ0n) is 16.7. The summed E-state index contributed by atoms with van der Waals surface area (Å²) in [5, 5.41) is 3.53. The van der Waals surface area contributed by atoms with Gasteiger partial charge in [0.25, 0.3) is 0 Å². The molecule has 5 nitrogen and oxygen atoms in total. The van der Waals surface area contributed by atoms with E-state index in [1.807, 2.05) is 12.1 Å². The zero-order chi connectivity index (χ0) is 19.2. The molecule has 0 saturated carbocycles. The van der Waals surface area contributed by atoms with E-state index in [9.17, 15) is 0 Å². The number of aryl methyl sites for hydroxylation is 1. The van der Waals surface area contributed by atoms with Crippen molar-refractivity contribution in [3.8, 4) is 17.2 Å². The van der Waals surface area contributed by atoms with Gasteiger partial charge in [0.1, 0.15) is 0 Å². The third-order valence-electron chi connectivity index (χ3n) is 5.24. The molecule has 1 saturated heterocycles. The van der Waals surface area contributed by atoms with E-state index in [2.05, 4.69) is 41.4 Å². The maximum absolute atomic E-state index is 5.51. The molecule has 3 rings (SSSR count). The van der Waals surface area contributed by atoms with Crippen LogP contribution in [0.25, 0.3) is 0 Å². The summed E-state index contributed by atoms with van der Waals surface area (Å²) >= 11 is 0. The molecular formula is C22H30N2O3. The van der Waals surface area contributed by atoms with Gasteiger partial charge in [0.05, 0.1) is 21.3 Å². The van der Waals surface area contributed by atoms with Gasteiger partial charge in [0, 0.05) is 32.2 Å². The van der Waals surface area contributed by atoms with Crippen LogP contribution in [0.3, 0.4) is 0 Å². The molecule has 1 unspecified atom stereocenters. The molecule has 0 aromatic heterocycles. The molecule has 1 N–H and O–H groups in total. The molecule has 2 aromatic rings. The van der Waals surface area contributed by atoms with Gasteiger partial charge in [-0.15, -0.1) is 0 Å². The van der Waals surface area contributed by atoms with Gasteiger partial charge >= 0.3 is 0 Å². The molecule has 27 heavy (non-hydrogen) atoms. The largest absolute Gasteiger partial charge is 0.493 e. The lowest BCUT2D eigenvalue weighted by Crippen LogP contribution is -2.45. The highest BCUT2D eigenvalue weighted by atomic mass is 16.5. The van der Waals surface area contributed by atoms with Crippen LogP contribution in [0.1, 0.15) is 29.7 Å². The van der Waals surface area contributed by atoms with Crippen LogP contribution >= 0.6 is 0 Å². The van der Waals surface area contributed by atoms with Crippen LogP contribution in [0.5, 0.6) is 17.2 Å². The van der Waals surface area contributed by atoms with Crippen LogP contribution in [0.15, 0.2) is 36.4 Å². The lowest BCUT2D eigenvalue weighted by Gasteiger charge is -2.36. The second-order valence-electron chi connectivity index (χ2n) is 6.82. The van der Waals surface area contributed by atoms with Crippen molar-refractivity contribution in [2.24, 2.45) is 0 Å². The number of hydrogen-bond acceptors (Lipinski definition) is 5. The third-order valence-corrected chi connectivity index (χ3v) is 5.24. The summed E-state index contributed by atoms with van der Waals surface area (Å²) in [6.45, 7) is 5.97. The molecule has 0 aliphatic carbocycles. The Morgan fingerprint density at radius 1 is 0.963 bits per heavy atom. The van der Waals surface area contributed by atoms with Gasteiger partial charge in [-0.05, 0) is 35.2 Å².